The number of amides is 1. The summed E-state index contributed by atoms with van der Waals surface area (Å²) in [6, 6.07) is 8.99. The molecule has 1 aromatic carbocycles. The standard InChI is InChI=1S/C19H24N2O7/c1-19(2,3)27-18(26)20-14(11-22)17(25)28-21-15(23)10-13(16(21)24)9-12-7-5-4-6-8-12/h4-8,10,14,22-24H,9,11H2,1-3H3,(H,20,26)/t14-/m0/s1. The summed E-state index contributed by atoms with van der Waals surface area (Å²) in [7, 11) is 0. The number of aliphatic hydroxyl groups excluding tert-OH is 1. The van der Waals surface area contributed by atoms with Crippen LogP contribution in [0.2, 0.25) is 0 Å². The first-order valence-corrected chi connectivity index (χ1v) is 8.59. The minimum atomic E-state index is -1.45. The maximum atomic E-state index is 12.2. The van der Waals surface area contributed by atoms with E-state index in [1.807, 2.05) is 30.3 Å². The number of hydrogen-bond acceptors (Lipinski definition) is 7. The highest BCUT2D eigenvalue weighted by Crippen LogP contribution is 2.28. The molecular weight excluding hydrogens is 368 g/mol. The predicted octanol–water partition coefficient (Wildman–Crippen LogP) is 1.33. The van der Waals surface area contributed by atoms with Crippen LogP contribution in [-0.2, 0) is 16.0 Å². The van der Waals surface area contributed by atoms with E-state index >= 15 is 0 Å². The SMILES string of the molecule is CC(C)(C)OC(=O)N[C@@H](CO)C(=O)On1c(O)cc(Cc2ccccc2)c1O. The van der Waals surface area contributed by atoms with Crippen molar-refractivity contribution in [1.29, 1.82) is 0 Å². The average Bonchev–Trinajstić information content (AvgIpc) is 2.86. The molecule has 0 spiro atoms. The number of aliphatic hydroxyl groups is 1. The molecule has 1 atom stereocenters. The monoisotopic (exact) mass is 392 g/mol. The summed E-state index contributed by atoms with van der Waals surface area (Å²) in [5.74, 6) is -2.07. The second-order valence-electron chi connectivity index (χ2n) is 7.10. The third kappa shape index (κ3) is 5.65. The van der Waals surface area contributed by atoms with Gasteiger partial charge in [0.05, 0.1) is 6.61 Å². The van der Waals surface area contributed by atoms with Gasteiger partial charge < -0.3 is 30.2 Å². The highest BCUT2D eigenvalue weighted by molar-refractivity contribution is 5.82. The van der Waals surface area contributed by atoms with Crippen molar-refractivity contribution in [1.82, 2.24) is 10.0 Å². The fraction of sp³-hybridized carbons (Fsp3) is 0.368. The minimum Gasteiger partial charge on any atom is -0.492 e. The van der Waals surface area contributed by atoms with Gasteiger partial charge in [0.1, 0.15) is 5.60 Å². The number of rotatable bonds is 6. The van der Waals surface area contributed by atoms with Gasteiger partial charge in [-0.2, -0.15) is 0 Å². The van der Waals surface area contributed by atoms with Crippen LogP contribution >= 0.6 is 0 Å². The molecule has 0 bridgehead atoms. The van der Waals surface area contributed by atoms with Crippen LogP contribution in [0.4, 0.5) is 4.79 Å². The zero-order valence-corrected chi connectivity index (χ0v) is 15.9. The van der Waals surface area contributed by atoms with Crippen molar-refractivity contribution in [2.45, 2.75) is 38.8 Å². The maximum Gasteiger partial charge on any atom is 0.408 e. The molecule has 2 aromatic rings. The van der Waals surface area contributed by atoms with E-state index in [-0.39, 0.29) is 0 Å². The van der Waals surface area contributed by atoms with Crippen LogP contribution in [0.5, 0.6) is 11.8 Å². The lowest BCUT2D eigenvalue weighted by atomic mass is 10.1. The third-order valence-electron chi connectivity index (χ3n) is 3.57. The molecule has 152 valence electrons. The largest absolute Gasteiger partial charge is 0.492 e. The van der Waals surface area contributed by atoms with Crippen LogP contribution < -0.4 is 10.2 Å². The lowest BCUT2D eigenvalue weighted by molar-refractivity contribution is -0.149. The van der Waals surface area contributed by atoms with Gasteiger partial charge in [0.25, 0.3) is 0 Å². The molecule has 1 aromatic heterocycles. The quantitative estimate of drug-likeness (QED) is 0.583. The first kappa shape index (κ1) is 21.1. The number of benzene rings is 1. The summed E-state index contributed by atoms with van der Waals surface area (Å²) < 4.78 is 5.54. The van der Waals surface area contributed by atoms with Crippen LogP contribution in [0, 0.1) is 0 Å². The summed E-state index contributed by atoms with van der Waals surface area (Å²) >= 11 is 0. The highest BCUT2D eigenvalue weighted by Gasteiger charge is 2.27. The van der Waals surface area contributed by atoms with E-state index in [1.54, 1.807) is 20.8 Å². The highest BCUT2D eigenvalue weighted by atomic mass is 16.7. The Balaban J connectivity index is 2.09. The Morgan fingerprint density at radius 2 is 1.82 bits per heavy atom. The lowest BCUT2D eigenvalue weighted by Gasteiger charge is -2.22. The number of ether oxygens (including phenoxy) is 1. The average molecular weight is 392 g/mol. The lowest BCUT2D eigenvalue weighted by Crippen LogP contribution is -2.48. The number of aromatic nitrogens is 1. The van der Waals surface area contributed by atoms with Crippen LogP contribution in [0.3, 0.4) is 0 Å². The molecule has 4 N–H and O–H groups in total. The number of nitrogens with one attached hydrogen (secondary N) is 1. The van der Waals surface area contributed by atoms with Crippen LogP contribution in [0.25, 0.3) is 0 Å². The molecule has 0 aliphatic heterocycles. The van der Waals surface area contributed by atoms with Crippen molar-refractivity contribution < 1.29 is 34.5 Å². The Kier molecular flexibility index (Phi) is 6.53. The molecule has 0 radical (unpaired) electrons. The van der Waals surface area contributed by atoms with Gasteiger partial charge in [-0.15, -0.1) is 4.73 Å². The van der Waals surface area contributed by atoms with E-state index in [4.69, 9.17) is 9.57 Å². The fourth-order valence-corrected chi connectivity index (χ4v) is 2.34. The van der Waals surface area contributed by atoms with E-state index in [9.17, 15) is 24.9 Å². The summed E-state index contributed by atoms with van der Waals surface area (Å²) in [6.45, 7) is 4.16. The second-order valence-corrected chi connectivity index (χ2v) is 7.10. The topological polar surface area (TPSA) is 130 Å². The minimum absolute atomic E-state index is 0.296. The van der Waals surface area contributed by atoms with Crippen LogP contribution in [-0.4, -0.2) is 50.4 Å². The van der Waals surface area contributed by atoms with Gasteiger partial charge >= 0.3 is 12.1 Å². The zero-order chi connectivity index (χ0) is 20.9. The molecule has 0 saturated heterocycles. The molecule has 1 heterocycles. The van der Waals surface area contributed by atoms with E-state index in [0.29, 0.717) is 16.7 Å². The molecule has 0 saturated carbocycles. The van der Waals surface area contributed by atoms with Crippen molar-refractivity contribution in [2.75, 3.05) is 6.61 Å². The van der Waals surface area contributed by atoms with Crippen molar-refractivity contribution in [3.8, 4) is 11.8 Å². The normalized spacial score (nSPS) is 12.3. The molecule has 28 heavy (non-hydrogen) atoms. The fourth-order valence-electron chi connectivity index (χ4n) is 2.34. The van der Waals surface area contributed by atoms with Gasteiger partial charge in [0, 0.05) is 18.1 Å². The molecule has 0 fully saturated rings. The molecular formula is C19H24N2O7. The first-order valence-electron chi connectivity index (χ1n) is 8.59. The third-order valence-corrected chi connectivity index (χ3v) is 3.57. The molecule has 0 aliphatic rings. The van der Waals surface area contributed by atoms with E-state index in [2.05, 4.69) is 5.32 Å². The van der Waals surface area contributed by atoms with Gasteiger partial charge in [0.15, 0.2) is 6.04 Å². The first-order chi connectivity index (χ1) is 13.1. The van der Waals surface area contributed by atoms with Gasteiger partial charge in [-0.25, -0.2) is 9.59 Å². The van der Waals surface area contributed by atoms with Crippen molar-refractivity contribution in [2.24, 2.45) is 0 Å². The summed E-state index contributed by atoms with van der Waals surface area (Å²) in [5.41, 5.74) is 0.412. The number of carbonyl (C=O) groups excluding carboxylic acids is 2. The van der Waals surface area contributed by atoms with E-state index in [0.717, 1.165) is 5.56 Å². The second kappa shape index (κ2) is 8.66. The Bertz CT molecular complexity index is 825. The maximum absolute atomic E-state index is 12.2. The molecule has 1 amide bonds. The number of aromatic hydroxyl groups is 2. The molecule has 2 rings (SSSR count). The molecule has 9 heteroatoms. The van der Waals surface area contributed by atoms with Crippen molar-refractivity contribution in [3.05, 3.63) is 47.5 Å². The Morgan fingerprint density at radius 3 is 2.39 bits per heavy atom. The van der Waals surface area contributed by atoms with Gasteiger partial charge in [-0.1, -0.05) is 30.3 Å². The zero-order valence-electron chi connectivity index (χ0n) is 15.9. The number of carbonyl (C=O) groups is 2. The van der Waals surface area contributed by atoms with Crippen molar-refractivity contribution >= 4 is 12.1 Å². The summed E-state index contributed by atoms with van der Waals surface area (Å²) in [4.78, 5) is 28.9. The van der Waals surface area contributed by atoms with Gasteiger partial charge in [-0.3, -0.25) is 0 Å². The Morgan fingerprint density at radius 1 is 1.18 bits per heavy atom. The number of nitrogens with zero attached hydrogens (tertiary/aromatic N) is 1. The Hall–Kier alpha value is -3.20. The van der Waals surface area contributed by atoms with Crippen molar-refractivity contribution in [3.63, 3.8) is 0 Å². The molecule has 0 aliphatic carbocycles. The van der Waals surface area contributed by atoms with Crippen LogP contribution in [0.15, 0.2) is 36.4 Å². The smallest absolute Gasteiger partial charge is 0.408 e. The summed E-state index contributed by atoms with van der Waals surface area (Å²) in [5, 5.41) is 31.8. The van der Waals surface area contributed by atoms with E-state index in [1.165, 1.54) is 6.07 Å². The molecule has 9 nitrogen and oxygen atoms in total. The van der Waals surface area contributed by atoms with Gasteiger partial charge in [-0.05, 0) is 26.3 Å². The van der Waals surface area contributed by atoms with E-state index < -0.39 is 42.1 Å². The Labute approximate surface area is 162 Å². The van der Waals surface area contributed by atoms with Gasteiger partial charge in [0.2, 0.25) is 11.8 Å². The summed E-state index contributed by atoms with van der Waals surface area (Å²) in [6.07, 6.45) is -0.626. The number of hydrogen-bond donors (Lipinski definition) is 4. The number of alkyl carbamates (subject to hydrolysis) is 1. The predicted molar refractivity (Wildman–Crippen MR) is 98.8 cm³/mol. The van der Waals surface area contributed by atoms with Crippen LogP contribution in [0.1, 0.15) is 31.9 Å². The molecule has 0 unspecified atom stereocenters.